The Morgan fingerprint density at radius 2 is 2.07 bits per heavy atom. The highest BCUT2D eigenvalue weighted by molar-refractivity contribution is 7.15. The smallest absolute Gasteiger partial charge is 0.180 e. The van der Waals surface area contributed by atoms with Gasteiger partial charge in [0.25, 0.3) is 0 Å². The SMILES string of the molecule is COc1ccccc1-c1nc(N)sc1C. The summed E-state index contributed by atoms with van der Waals surface area (Å²) in [5.41, 5.74) is 7.58. The van der Waals surface area contributed by atoms with Gasteiger partial charge in [0.2, 0.25) is 0 Å². The molecule has 2 N–H and O–H groups in total. The number of hydrogen-bond donors (Lipinski definition) is 1. The number of thiazole rings is 1. The molecule has 0 saturated carbocycles. The summed E-state index contributed by atoms with van der Waals surface area (Å²) >= 11 is 1.49. The Kier molecular flexibility index (Phi) is 2.60. The molecule has 0 radical (unpaired) electrons. The summed E-state index contributed by atoms with van der Waals surface area (Å²) in [6, 6.07) is 7.81. The van der Waals surface area contributed by atoms with Crippen molar-refractivity contribution in [2.45, 2.75) is 6.92 Å². The standard InChI is InChI=1S/C11H12N2OS/c1-7-10(13-11(12)15-7)8-5-3-4-6-9(8)14-2/h3-6H,1-2H3,(H2,12,13). The molecule has 78 valence electrons. The quantitative estimate of drug-likeness (QED) is 0.846. The molecule has 2 rings (SSSR count). The Bertz CT molecular complexity index is 479. The highest BCUT2D eigenvalue weighted by Gasteiger charge is 2.11. The number of anilines is 1. The van der Waals surface area contributed by atoms with Gasteiger partial charge in [0, 0.05) is 10.4 Å². The van der Waals surface area contributed by atoms with Gasteiger partial charge < -0.3 is 10.5 Å². The molecule has 3 nitrogen and oxygen atoms in total. The van der Waals surface area contributed by atoms with Crippen LogP contribution in [0.25, 0.3) is 11.3 Å². The topological polar surface area (TPSA) is 48.1 Å². The van der Waals surface area contributed by atoms with Gasteiger partial charge >= 0.3 is 0 Å². The van der Waals surface area contributed by atoms with Crippen molar-refractivity contribution in [1.29, 1.82) is 0 Å². The van der Waals surface area contributed by atoms with Crippen LogP contribution >= 0.6 is 11.3 Å². The molecule has 4 heteroatoms. The van der Waals surface area contributed by atoms with Crippen LogP contribution in [0.15, 0.2) is 24.3 Å². The van der Waals surface area contributed by atoms with E-state index in [-0.39, 0.29) is 0 Å². The van der Waals surface area contributed by atoms with Gasteiger partial charge in [0.05, 0.1) is 12.8 Å². The van der Waals surface area contributed by atoms with Crippen LogP contribution in [0.1, 0.15) is 4.88 Å². The second-order valence-electron chi connectivity index (χ2n) is 3.16. The molecule has 0 aliphatic rings. The number of para-hydroxylation sites is 1. The Balaban J connectivity index is 2.58. The number of nitrogens with two attached hydrogens (primary N) is 1. The number of hydrogen-bond acceptors (Lipinski definition) is 4. The summed E-state index contributed by atoms with van der Waals surface area (Å²) in [5, 5.41) is 0.591. The second-order valence-corrected chi connectivity index (χ2v) is 4.39. The van der Waals surface area contributed by atoms with E-state index in [4.69, 9.17) is 10.5 Å². The number of benzene rings is 1. The van der Waals surface area contributed by atoms with Gasteiger partial charge in [-0.3, -0.25) is 0 Å². The van der Waals surface area contributed by atoms with Crippen LogP contribution in [0, 0.1) is 6.92 Å². The number of methoxy groups -OCH3 is 1. The largest absolute Gasteiger partial charge is 0.496 e. The summed E-state index contributed by atoms with van der Waals surface area (Å²) in [6.45, 7) is 2.01. The molecule has 0 fully saturated rings. The van der Waals surface area contributed by atoms with E-state index in [1.807, 2.05) is 31.2 Å². The minimum atomic E-state index is 0.591. The van der Waals surface area contributed by atoms with Crippen LogP contribution < -0.4 is 10.5 Å². The Labute approximate surface area is 92.5 Å². The molecule has 2 aromatic rings. The number of aryl methyl sites for hydroxylation is 1. The molecule has 0 spiro atoms. The van der Waals surface area contributed by atoms with E-state index in [1.165, 1.54) is 11.3 Å². The van der Waals surface area contributed by atoms with Gasteiger partial charge in [-0.1, -0.05) is 12.1 Å². The zero-order valence-electron chi connectivity index (χ0n) is 8.65. The molecule has 0 amide bonds. The van der Waals surface area contributed by atoms with Crippen molar-refractivity contribution in [2.75, 3.05) is 12.8 Å². The monoisotopic (exact) mass is 220 g/mol. The van der Waals surface area contributed by atoms with E-state index in [0.29, 0.717) is 5.13 Å². The van der Waals surface area contributed by atoms with Gasteiger partial charge in [-0.2, -0.15) is 0 Å². The third-order valence-corrected chi connectivity index (χ3v) is 2.98. The van der Waals surface area contributed by atoms with Crippen LogP contribution in [0.2, 0.25) is 0 Å². The van der Waals surface area contributed by atoms with Crippen LogP contribution in [0.5, 0.6) is 5.75 Å². The third kappa shape index (κ3) is 1.80. The molecule has 1 aromatic carbocycles. The van der Waals surface area contributed by atoms with Gasteiger partial charge in [0.15, 0.2) is 5.13 Å². The fourth-order valence-corrected chi connectivity index (χ4v) is 2.21. The van der Waals surface area contributed by atoms with Crippen molar-refractivity contribution in [2.24, 2.45) is 0 Å². The zero-order chi connectivity index (χ0) is 10.8. The van der Waals surface area contributed by atoms with Gasteiger partial charge in [-0.05, 0) is 19.1 Å². The first-order valence-corrected chi connectivity index (χ1v) is 5.40. The van der Waals surface area contributed by atoms with Crippen molar-refractivity contribution in [1.82, 2.24) is 4.98 Å². The van der Waals surface area contributed by atoms with Crippen LogP contribution in [0.4, 0.5) is 5.13 Å². The summed E-state index contributed by atoms with van der Waals surface area (Å²) in [7, 11) is 1.66. The highest BCUT2D eigenvalue weighted by Crippen LogP contribution is 2.34. The maximum Gasteiger partial charge on any atom is 0.180 e. The molecule has 0 saturated heterocycles. The lowest BCUT2D eigenvalue weighted by molar-refractivity contribution is 0.416. The van der Waals surface area contributed by atoms with Crippen molar-refractivity contribution in [3.05, 3.63) is 29.1 Å². The first kappa shape index (κ1) is 9.98. The Morgan fingerprint density at radius 3 is 2.67 bits per heavy atom. The fourth-order valence-electron chi connectivity index (χ4n) is 1.51. The van der Waals surface area contributed by atoms with E-state index < -0.39 is 0 Å². The molecule has 0 aliphatic carbocycles. The molecular weight excluding hydrogens is 208 g/mol. The summed E-state index contributed by atoms with van der Waals surface area (Å²) in [5.74, 6) is 0.825. The number of rotatable bonds is 2. The molecule has 0 bridgehead atoms. The number of nitrogen functional groups attached to an aromatic ring is 1. The minimum Gasteiger partial charge on any atom is -0.496 e. The Hall–Kier alpha value is -1.55. The second kappa shape index (κ2) is 3.90. The minimum absolute atomic E-state index is 0.591. The Morgan fingerprint density at radius 1 is 1.33 bits per heavy atom. The third-order valence-electron chi connectivity index (χ3n) is 2.18. The summed E-state index contributed by atoms with van der Waals surface area (Å²) in [6.07, 6.45) is 0. The van der Waals surface area contributed by atoms with Crippen molar-refractivity contribution >= 4 is 16.5 Å². The van der Waals surface area contributed by atoms with Crippen molar-refractivity contribution in [3.8, 4) is 17.0 Å². The lowest BCUT2D eigenvalue weighted by Gasteiger charge is -2.05. The molecule has 1 heterocycles. The van der Waals surface area contributed by atoms with Gasteiger partial charge in [0.1, 0.15) is 5.75 Å². The maximum atomic E-state index is 5.67. The molecular formula is C11H12N2OS. The first-order chi connectivity index (χ1) is 7.22. The number of nitrogens with zero attached hydrogens (tertiary/aromatic N) is 1. The van der Waals surface area contributed by atoms with Crippen molar-refractivity contribution < 1.29 is 4.74 Å². The molecule has 0 atom stereocenters. The summed E-state index contributed by atoms with van der Waals surface area (Å²) in [4.78, 5) is 5.41. The normalized spacial score (nSPS) is 10.3. The first-order valence-electron chi connectivity index (χ1n) is 4.58. The van der Waals surface area contributed by atoms with E-state index >= 15 is 0 Å². The fraction of sp³-hybridized carbons (Fsp3) is 0.182. The van der Waals surface area contributed by atoms with E-state index in [9.17, 15) is 0 Å². The van der Waals surface area contributed by atoms with Gasteiger partial charge in [-0.15, -0.1) is 11.3 Å². The highest BCUT2D eigenvalue weighted by atomic mass is 32.1. The molecule has 0 unspecified atom stereocenters. The predicted molar refractivity (Wildman–Crippen MR) is 63.3 cm³/mol. The lowest BCUT2D eigenvalue weighted by Crippen LogP contribution is -1.89. The number of aromatic nitrogens is 1. The molecule has 15 heavy (non-hydrogen) atoms. The average Bonchev–Trinajstić information content (AvgIpc) is 2.57. The van der Waals surface area contributed by atoms with Crippen LogP contribution in [-0.4, -0.2) is 12.1 Å². The molecule has 1 aromatic heterocycles. The van der Waals surface area contributed by atoms with Crippen molar-refractivity contribution in [3.63, 3.8) is 0 Å². The van der Waals surface area contributed by atoms with E-state index in [1.54, 1.807) is 7.11 Å². The average molecular weight is 220 g/mol. The van der Waals surface area contributed by atoms with E-state index in [2.05, 4.69) is 4.98 Å². The van der Waals surface area contributed by atoms with E-state index in [0.717, 1.165) is 21.9 Å². The maximum absolute atomic E-state index is 5.67. The number of ether oxygens (including phenoxy) is 1. The van der Waals surface area contributed by atoms with Gasteiger partial charge in [-0.25, -0.2) is 4.98 Å². The predicted octanol–water partition coefficient (Wildman–Crippen LogP) is 2.71. The van der Waals surface area contributed by atoms with Crippen LogP contribution in [0.3, 0.4) is 0 Å². The zero-order valence-corrected chi connectivity index (χ0v) is 9.47. The van der Waals surface area contributed by atoms with Crippen LogP contribution in [-0.2, 0) is 0 Å². The summed E-state index contributed by atoms with van der Waals surface area (Å²) < 4.78 is 5.29. The lowest BCUT2D eigenvalue weighted by atomic mass is 10.1. The molecule has 0 aliphatic heterocycles.